The molecule has 2 N–H and O–H groups in total. The Hall–Kier alpha value is -1.26. The van der Waals surface area contributed by atoms with Crippen molar-refractivity contribution in [3.63, 3.8) is 0 Å². The fourth-order valence-electron chi connectivity index (χ4n) is 2.53. The van der Waals surface area contributed by atoms with Crippen LogP contribution in [0.4, 0.5) is 5.69 Å². The van der Waals surface area contributed by atoms with Crippen molar-refractivity contribution in [2.75, 3.05) is 32.5 Å². The molecule has 0 saturated carbocycles. The molecule has 1 aromatic carbocycles. The number of nitrogens with zero attached hydrogens (tertiary/aromatic N) is 1. The van der Waals surface area contributed by atoms with E-state index in [2.05, 4.69) is 22.6 Å². The zero-order valence-electron chi connectivity index (χ0n) is 12.1. The van der Waals surface area contributed by atoms with Crippen molar-refractivity contribution < 1.29 is 4.79 Å². The van der Waals surface area contributed by atoms with Gasteiger partial charge in [0.05, 0.1) is 10.7 Å². The summed E-state index contributed by atoms with van der Waals surface area (Å²) in [5, 5.41) is 6.78. The van der Waals surface area contributed by atoms with Gasteiger partial charge in [0.15, 0.2) is 0 Å². The average molecular weight is 296 g/mol. The van der Waals surface area contributed by atoms with Crippen molar-refractivity contribution in [1.82, 2.24) is 10.2 Å². The standard InChI is InChI=1S/C15H22ClN3O/c1-17-15(20)11-5-6-13(16)14(10-11)18-12-4-3-8-19(2)9-7-12/h5-6,10,12,18H,3-4,7-9H2,1-2H3,(H,17,20). The molecule has 1 atom stereocenters. The van der Waals surface area contributed by atoms with E-state index < -0.39 is 0 Å². The first-order valence-corrected chi connectivity index (χ1v) is 7.44. The number of benzene rings is 1. The molecule has 1 amide bonds. The van der Waals surface area contributed by atoms with Gasteiger partial charge in [-0.3, -0.25) is 4.79 Å². The highest BCUT2D eigenvalue weighted by Crippen LogP contribution is 2.25. The SMILES string of the molecule is CNC(=O)c1ccc(Cl)c(NC2CCCN(C)CC2)c1. The van der Waals surface area contributed by atoms with E-state index in [0.29, 0.717) is 16.6 Å². The van der Waals surface area contributed by atoms with Crippen LogP contribution in [-0.2, 0) is 0 Å². The molecule has 1 saturated heterocycles. The van der Waals surface area contributed by atoms with Crippen LogP contribution in [0.2, 0.25) is 5.02 Å². The van der Waals surface area contributed by atoms with Gasteiger partial charge in [-0.2, -0.15) is 0 Å². The number of hydrogen-bond acceptors (Lipinski definition) is 3. The van der Waals surface area contributed by atoms with Gasteiger partial charge in [0.2, 0.25) is 0 Å². The van der Waals surface area contributed by atoms with E-state index in [4.69, 9.17) is 11.6 Å². The normalized spacial score (nSPS) is 20.2. The zero-order chi connectivity index (χ0) is 14.5. The molecule has 1 aliphatic heterocycles. The van der Waals surface area contributed by atoms with E-state index in [9.17, 15) is 4.79 Å². The summed E-state index contributed by atoms with van der Waals surface area (Å²) in [7, 11) is 3.78. The molecule has 0 bridgehead atoms. The molecule has 1 fully saturated rings. The number of likely N-dealkylation sites (tertiary alicyclic amines) is 1. The lowest BCUT2D eigenvalue weighted by Gasteiger charge is -2.19. The maximum Gasteiger partial charge on any atom is 0.251 e. The van der Waals surface area contributed by atoms with E-state index in [1.807, 2.05) is 6.07 Å². The third-order valence-corrected chi connectivity index (χ3v) is 4.10. The Morgan fingerprint density at radius 1 is 1.35 bits per heavy atom. The summed E-state index contributed by atoms with van der Waals surface area (Å²) in [6.07, 6.45) is 3.41. The molecule has 110 valence electrons. The molecule has 2 rings (SSSR count). The Kier molecular flexibility index (Phi) is 5.26. The van der Waals surface area contributed by atoms with Crippen LogP contribution in [0.3, 0.4) is 0 Å². The summed E-state index contributed by atoms with van der Waals surface area (Å²) in [5.74, 6) is -0.0923. The number of carbonyl (C=O) groups excluding carboxylic acids is 1. The summed E-state index contributed by atoms with van der Waals surface area (Å²) in [6, 6.07) is 5.76. The van der Waals surface area contributed by atoms with Crippen LogP contribution in [-0.4, -0.2) is 44.0 Å². The van der Waals surface area contributed by atoms with E-state index in [1.54, 1.807) is 19.2 Å². The summed E-state index contributed by atoms with van der Waals surface area (Å²) in [6.45, 7) is 2.23. The van der Waals surface area contributed by atoms with E-state index in [1.165, 1.54) is 6.42 Å². The second-order valence-electron chi connectivity index (χ2n) is 5.35. The molecule has 0 spiro atoms. The predicted octanol–water partition coefficient (Wildman–Crippen LogP) is 2.60. The number of rotatable bonds is 3. The van der Waals surface area contributed by atoms with E-state index in [-0.39, 0.29) is 5.91 Å². The molecule has 1 aliphatic rings. The summed E-state index contributed by atoms with van der Waals surface area (Å²) < 4.78 is 0. The average Bonchev–Trinajstić information content (AvgIpc) is 2.65. The molecule has 20 heavy (non-hydrogen) atoms. The van der Waals surface area contributed by atoms with Crippen molar-refractivity contribution in [3.05, 3.63) is 28.8 Å². The molecule has 1 heterocycles. The summed E-state index contributed by atoms with van der Waals surface area (Å²) in [5.41, 5.74) is 1.48. The highest BCUT2D eigenvalue weighted by Gasteiger charge is 2.16. The lowest BCUT2D eigenvalue weighted by Crippen LogP contribution is -2.23. The molecule has 4 nitrogen and oxygen atoms in total. The minimum Gasteiger partial charge on any atom is -0.381 e. The first kappa shape index (κ1) is 15.1. The van der Waals surface area contributed by atoms with Crippen molar-refractivity contribution >= 4 is 23.2 Å². The third kappa shape index (κ3) is 3.87. The monoisotopic (exact) mass is 295 g/mol. The molecular formula is C15H22ClN3O. The van der Waals surface area contributed by atoms with Gasteiger partial charge in [0, 0.05) is 18.7 Å². The molecule has 5 heteroatoms. The highest BCUT2D eigenvalue weighted by atomic mass is 35.5. The molecule has 0 radical (unpaired) electrons. The van der Waals surface area contributed by atoms with Crippen LogP contribution < -0.4 is 10.6 Å². The van der Waals surface area contributed by atoms with Gasteiger partial charge in [-0.15, -0.1) is 0 Å². The van der Waals surface area contributed by atoms with Gasteiger partial charge < -0.3 is 15.5 Å². The molecule has 1 aromatic rings. The first-order chi connectivity index (χ1) is 9.60. The molecular weight excluding hydrogens is 274 g/mol. The van der Waals surface area contributed by atoms with Crippen LogP contribution in [0.5, 0.6) is 0 Å². The topological polar surface area (TPSA) is 44.4 Å². The third-order valence-electron chi connectivity index (χ3n) is 3.77. The number of nitrogens with one attached hydrogen (secondary N) is 2. The van der Waals surface area contributed by atoms with E-state index in [0.717, 1.165) is 31.6 Å². The number of halogens is 1. The van der Waals surface area contributed by atoms with Gasteiger partial charge in [-0.1, -0.05) is 11.6 Å². The molecule has 0 aliphatic carbocycles. The fraction of sp³-hybridized carbons (Fsp3) is 0.533. The van der Waals surface area contributed by atoms with Crippen LogP contribution in [0.25, 0.3) is 0 Å². The van der Waals surface area contributed by atoms with E-state index >= 15 is 0 Å². The fourth-order valence-corrected chi connectivity index (χ4v) is 2.70. The zero-order valence-corrected chi connectivity index (χ0v) is 12.8. The van der Waals surface area contributed by atoms with Gasteiger partial charge in [-0.05, 0) is 57.6 Å². The first-order valence-electron chi connectivity index (χ1n) is 7.07. The van der Waals surface area contributed by atoms with Gasteiger partial charge >= 0.3 is 0 Å². The number of hydrogen-bond donors (Lipinski definition) is 2. The Balaban J connectivity index is 2.09. The van der Waals surface area contributed by atoms with Gasteiger partial charge in [0.1, 0.15) is 0 Å². The quantitative estimate of drug-likeness (QED) is 0.901. The minimum atomic E-state index is -0.0923. The Bertz CT molecular complexity index is 478. The van der Waals surface area contributed by atoms with Crippen molar-refractivity contribution in [2.45, 2.75) is 25.3 Å². The maximum atomic E-state index is 11.7. The minimum absolute atomic E-state index is 0.0923. The van der Waals surface area contributed by atoms with Gasteiger partial charge in [-0.25, -0.2) is 0 Å². The Morgan fingerprint density at radius 2 is 2.15 bits per heavy atom. The highest BCUT2D eigenvalue weighted by molar-refractivity contribution is 6.33. The largest absolute Gasteiger partial charge is 0.381 e. The van der Waals surface area contributed by atoms with Crippen LogP contribution in [0, 0.1) is 0 Å². The van der Waals surface area contributed by atoms with Crippen molar-refractivity contribution in [3.8, 4) is 0 Å². The lowest BCUT2D eigenvalue weighted by atomic mass is 10.1. The second kappa shape index (κ2) is 6.95. The Labute approximate surface area is 125 Å². The van der Waals surface area contributed by atoms with Crippen molar-refractivity contribution in [1.29, 1.82) is 0 Å². The summed E-state index contributed by atoms with van der Waals surface area (Å²) in [4.78, 5) is 14.0. The molecule has 0 aromatic heterocycles. The second-order valence-corrected chi connectivity index (χ2v) is 5.76. The Morgan fingerprint density at radius 3 is 2.90 bits per heavy atom. The smallest absolute Gasteiger partial charge is 0.251 e. The van der Waals surface area contributed by atoms with Gasteiger partial charge in [0.25, 0.3) is 5.91 Å². The van der Waals surface area contributed by atoms with Crippen molar-refractivity contribution in [2.24, 2.45) is 0 Å². The molecule has 1 unspecified atom stereocenters. The number of amides is 1. The summed E-state index contributed by atoms with van der Waals surface area (Å²) >= 11 is 6.23. The number of carbonyl (C=O) groups is 1. The van der Waals surface area contributed by atoms with Crippen LogP contribution in [0.1, 0.15) is 29.6 Å². The van der Waals surface area contributed by atoms with Crippen LogP contribution in [0.15, 0.2) is 18.2 Å². The number of anilines is 1. The maximum absolute atomic E-state index is 11.7. The predicted molar refractivity (Wildman–Crippen MR) is 83.6 cm³/mol. The lowest BCUT2D eigenvalue weighted by molar-refractivity contribution is 0.0963. The van der Waals surface area contributed by atoms with Crippen LogP contribution >= 0.6 is 11.6 Å².